The van der Waals surface area contributed by atoms with E-state index >= 15 is 0 Å². The quantitative estimate of drug-likeness (QED) is 0.532. The van der Waals surface area contributed by atoms with Gasteiger partial charge in [0.05, 0.1) is 13.0 Å². The van der Waals surface area contributed by atoms with Gasteiger partial charge in [0.1, 0.15) is 0 Å². The number of rotatable bonds is 9. The molecular weight excluding hydrogens is 258 g/mol. The van der Waals surface area contributed by atoms with Crippen molar-refractivity contribution in [1.82, 2.24) is 5.32 Å². The van der Waals surface area contributed by atoms with Crippen LogP contribution in [0.1, 0.15) is 30.9 Å². The van der Waals surface area contributed by atoms with Crippen molar-refractivity contribution in [3.05, 3.63) is 35.4 Å². The highest BCUT2D eigenvalue weighted by Gasteiger charge is 2.02. The van der Waals surface area contributed by atoms with Gasteiger partial charge in [-0.15, -0.1) is 0 Å². The van der Waals surface area contributed by atoms with Crippen LogP contribution in [0, 0.1) is 0 Å². The predicted octanol–water partition coefficient (Wildman–Crippen LogP) is 1.75. The maximum Gasteiger partial charge on any atom is 0.307 e. The summed E-state index contributed by atoms with van der Waals surface area (Å²) in [5.74, 6) is -0.984. The second kappa shape index (κ2) is 9.09. The van der Waals surface area contributed by atoms with E-state index in [9.17, 15) is 9.59 Å². The van der Waals surface area contributed by atoms with Gasteiger partial charge in [0.15, 0.2) is 0 Å². The fraction of sp³-hybridized carbons (Fsp3) is 0.467. The van der Waals surface area contributed by atoms with Gasteiger partial charge in [-0.05, 0) is 31.0 Å². The van der Waals surface area contributed by atoms with Crippen LogP contribution in [-0.4, -0.2) is 30.2 Å². The SMILES string of the molecule is CCOC(=O)CCCNCc1ccc(CC(=O)O)cc1. The molecule has 0 heterocycles. The van der Waals surface area contributed by atoms with Crippen molar-refractivity contribution in [2.24, 2.45) is 0 Å². The summed E-state index contributed by atoms with van der Waals surface area (Å²) in [7, 11) is 0. The van der Waals surface area contributed by atoms with Crippen LogP contribution in [0.5, 0.6) is 0 Å². The lowest BCUT2D eigenvalue weighted by molar-refractivity contribution is -0.143. The van der Waals surface area contributed by atoms with Gasteiger partial charge in [0.2, 0.25) is 0 Å². The van der Waals surface area contributed by atoms with Gasteiger partial charge in [-0.2, -0.15) is 0 Å². The number of carbonyl (C=O) groups excluding carboxylic acids is 1. The summed E-state index contributed by atoms with van der Waals surface area (Å²) in [4.78, 5) is 21.7. The highest BCUT2D eigenvalue weighted by atomic mass is 16.5. The lowest BCUT2D eigenvalue weighted by Crippen LogP contribution is -2.16. The first-order chi connectivity index (χ1) is 9.61. The van der Waals surface area contributed by atoms with Crippen molar-refractivity contribution >= 4 is 11.9 Å². The van der Waals surface area contributed by atoms with Crippen molar-refractivity contribution in [3.8, 4) is 0 Å². The van der Waals surface area contributed by atoms with E-state index in [0.717, 1.165) is 24.1 Å². The second-order valence-electron chi connectivity index (χ2n) is 4.47. The summed E-state index contributed by atoms with van der Waals surface area (Å²) in [6.07, 6.45) is 1.22. The molecule has 0 amide bonds. The molecule has 0 aliphatic carbocycles. The van der Waals surface area contributed by atoms with Crippen LogP contribution >= 0.6 is 0 Å². The van der Waals surface area contributed by atoms with Crippen molar-refractivity contribution in [2.45, 2.75) is 32.7 Å². The Kier molecular flexibility index (Phi) is 7.35. The summed E-state index contributed by atoms with van der Waals surface area (Å²) in [6.45, 7) is 3.67. The Bertz CT molecular complexity index is 428. The number of nitrogens with one attached hydrogen (secondary N) is 1. The molecule has 1 aromatic rings. The zero-order valence-electron chi connectivity index (χ0n) is 11.7. The van der Waals surface area contributed by atoms with E-state index in [1.165, 1.54) is 0 Å². The number of benzene rings is 1. The van der Waals surface area contributed by atoms with Crippen molar-refractivity contribution < 1.29 is 19.4 Å². The minimum atomic E-state index is -0.824. The molecule has 0 atom stereocenters. The number of hydrogen-bond donors (Lipinski definition) is 2. The minimum absolute atomic E-state index is 0.0489. The Morgan fingerprint density at radius 2 is 1.85 bits per heavy atom. The third kappa shape index (κ3) is 6.89. The van der Waals surface area contributed by atoms with Gasteiger partial charge >= 0.3 is 11.9 Å². The zero-order valence-corrected chi connectivity index (χ0v) is 11.7. The molecule has 1 rings (SSSR count). The highest BCUT2D eigenvalue weighted by molar-refractivity contribution is 5.70. The molecule has 0 aliphatic heterocycles. The molecule has 1 aromatic carbocycles. The Hall–Kier alpha value is -1.88. The van der Waals surface area contributed by atoms with Gasteiger partial charge in [0, 0.05) is 13.0 Å². The smallest absolute Gasteiger partial charge is 0.307 e. The zero-order chi connectivity index (χ0) is 14.8. The van der Waals surface area contributed by atoms with Gasteiger partial charge in [-0.3, -0.25) is 9.59 Å². The van der Waals surface area contributed by atoms with Crippen molar-refractivity contribution in [1.29, 1.82) is 0 Å². The Labute approximate surface area is 118 Å². The molecule has 0 radical (unpaired) electrons. The molecule has 2 N–H and O–H groups in total. The molecule has 110 valence electrons. The monoisotopic (exact) mass is 279 g/mol. The van der Waals surface area contributed by atoms with Crippen LogP contribution in [-0.2, 0) is 27.3 Å². The topological polar surface area (TPSA) is 75.6 Å². The number of ether oxygens (including phenoxy) is 1. The van der Waals surface area contributed by atoms with Crippen LogP contribution in [0.25, 0.3) is 0 Å². The number of aliphatic carboxylic acids is 1. The third-order valence-corrected chi connectivity index (χ3v) is 2.75. The van der Waals surface area contributed by atoms with Gasteiger partial charge in [-0.1, -0.05) is 24.3 Å². The Balaban J connectivity index is 2.19. The maximum atomic E-state index is 11.1. The fourth-order valence-corrected chi connectivity index (χ4v) is 1.77. The summed E-state index contributed by atoms with van der Waals surface area (Å²) in [6, 6.07) is 7.47. The highest BCUT2D eigenvalue weighted by Crippen LogP contribution is 2.05. The number of hydrogen-bond acceptors (Lipinski definition) is 4. The Morgan fingerprint density at radius 1 is 1.20 bits per heavy atom. The first-order valence-corrected chi connectivity index (χ1v) is 6.77. The van der Waals surface area contributed by atoms with Crippen LogP contribution in [0.3, 0.4) is 0 Å². The minimum Gasteiger partial charge on any atom is -0.481 e. The van der Waals surface area contributed by atoms with E-state index in [2.05, 4.69) is 5.32 Å². The molecule has 0 unspecified atom stereocenters. The largest absolute Gasteiger partial charge is 0.481 e. The molecule has 20 heavy (non-hydrogen) atoms. The lowest BCUT2D eigenvalue weighted by Gasteiger charge is -2.06. The summed E-state index contributed by atoms with van der Waals surface area (Å²) < 4.78 is 4.84. The molecule has 0 saturated carbocycles. The lowest BCUT2D eigenvalue weighted by atomic mass is 10.1. The van der Waals surface area contributed by atoms with E-state index in [4.69, 9.17) is 9.84 Å². The van der Waals surface area contributed by atoms with E-state index in [1.807, 2.05) is 24.3 Å². The average Bonchev–Trinajstić information content (AvgIpc) is 2.40. The number of carbonyl (C=O) groups is 2. The molecule has 0 aromatic heterocycles. The number of esters is 1. The second-order valence-corrected chi connectivity index (χ2v) is 4.47. The van der Waals surface area contributed by atoms with Crippen molar-refractivity contribution in [2.75, 3.05) is 13.2 Å². The third-order valence-electron chi connectivity index (χ3n) is 2.75. The van der Waals surface area contributed by atoms with Gasteiger partial charge < -0.3 is 15.2 Å². The standard InChI is InChI=1S/C15H21NO4/c1-2-20-15(19)4-3-9-16-11-13-7-5-12(6-8-13)10-14(17)18/h5-8,16H,2-4,9-11H2,1H3,(H,17,18). The molecule has 5 heteroatoms. The van der Waals surface area contributed by atoms with Gasteiger partial charge in [-0.25, -0.2) is 0 Å². The molecule has 5 nitrogen and oxygen atoms in total. The first kappa shape index (κ1) is 16.2. The van der Waals surface area contributed by atoms with E-state index < -0.39 is 5.97 Å². The van der Waals surface area contributed by atoms with E-state index in [1.54, 1.807) is 6.92 Å². The van der Waals surface area contributed by atoms with E-state index in [-0.39, 0.29) is 12.4 Å². The normalized spacial score (nSPS) is 10.2. The van der Waals surface area contributed by atoms with Crippen LogP contribution in [0.4, 0.5) is 0 Å². The van der Waals surface area contributed by atoms with Crippen LogP contribution in [0.15, 0.2) is 24.3 Å². The number of carboxylic acids is 1. The summed E-state index contributed by atoms with van der Waals surface area (Å²) in [5.41, 5.74) is 1.89. The summed E-state index contributed by atoms with van der Waals surface area (Å²) in [5, 5.41) is 11.9. The average molecular weight is 279 g/mol. The first-order valence-electron chi connectivity index (χ1n) is 6.77. The van der Waals surface area contributed by atoms with Gasteiger partial charge in [0.25, 0.3) is 0 Å². The van der Waals surface area contributed by atoms with Crippen LogP contribution < -0.4 is 5.32 Å². The molecule has 0 bridgehead atoms. The molecule has 0 saturated heterocycles. The molecule has 0 spiro atoms. The number of carboxylic acid groups (broad SMARTS) is 1. The molecular formula is C15H21NO4. The van der Waals surface area contributed by atoms with E-state index in [0.29, 0.717) is 19.6 Å². The van der Waals surface area contributed by atoms with Crippen molar-refractivity contribution in [3.63, 3.8) is 0 Å². The molecule has 0 aliphatic rings. The fourth-order valence-electron chi connectivity index (χ4n) is 1.77. The molecule has 0 fully saturated rings. The summed E-state index contributed by atoms with van der Waals surface area (Å²) >= 11 is 0. The van der Waals surface area contributed by atoms with Crippen LogP contribution in [0.2, 0.25) is 0 Å². The predicted molar refractivity (Wildman–Crippen MR) is 75.4 cm³/mol. The maximum absolute atomic E-state index is 11.1. The Morgan fingerprint density at radius 3 is 2.45 bits per heavy atom.